The maximum Gasteiger partial charge on any atom is 0.326 e. The Morgan fingerprint density at radius 1 is 1.12 bits per heavy atom. The van der Waals surface area contributed by atoms with Crippen LogP contribution in [0.2, 0.25) is 0 Å². The van der Waals surface area contributed by atoms with Crippen LogP contribution in [0.1, 0.15) is 55.4 Å². The summed E-state index contributed by atoms with van der Waals surface area (Å²) in [6.45, 7) is 5.31. The van der Waals surface area contributed by atoms with E-state index in [0.29, 0.717) is 23.7 Å². The Kier molecular flexibility index (Phi) is 3.71. The lowest BCUT2D eigenvalue weighted by molar-refractivity contribution is 0.0671. The zero-order valence-corrected chi connectivity index (χ0v) is 15.3. The lowest BCUT2D eigenvalue weighted by Crippen LogP contribution is -2.43. The van der Waals surface area contributed by atoms with Gasteiger partial charge in [-0.05, 0) is 56.8 Å². The average molecular weight is 354 g/mol. The van der Waals surface area contributed by atoms with Crippen molar-refractivity contribution >= 4 is 16.9 Å². The molecule has 26 heavy (non-hydrogen) atoms. The van der Waals surface area contributed by atoms with Gasteiger partial charge in [0.05, 0.1) is 11.0 Å². The maximum atomic E-state index is 13.3. The van der Waals surface area contributed by atoms with Crippen LogP contribution in [0.15, 0.2) is 23.0 Å². The molecule has 6 nitrogen and oxygen atoms in total. The molecular formula is C20H26N4O2. The number of H-pyrrole nitrogens is 1. The van der Waals surface area contributed by atoms with Crippen molar-refractivity contribution in [3.8, 4) is 0 Å². The summed E-state index contributed by atoms with van der Waals surface area (Å²) in [4.78, 5) is 33.1. The number of likely N-dealkylation sites (N-methyl/N-ethyl adjacent to an activating group) is 1. The number of imidazole rings is 1. The molecule has 0 radical (unpaired) electrons. The maximum absolute atomic E-state index is 13.3. The van der Waals surface area contributed by atoms with Crippen molar-refractivity contribution in [2.24, 2.45) is 0 Å². The van der Waals surface area contributed by atoms with Gasteiger partial charge in [-0.2, -0.15) is 0 Å². The highest BCUT2D eigenvalue weighted by atomic mass is 16.2. The molecule has 3 aliphatic rings. The number of likely N-dealkylation sites (tertiary alicyclic amines) is 1. The summed E-state index contributed by atoms with van der Waals surface area (Å²) < 4.78 is 1.85. The molecule has 2 saturated heterocycles. The van der Waals surface area contributed by atoms with Crippen molar-refractivity contribution in [2.45, 2.75) is 57.2 Å². The minimum atomic E-state index is -0.0551. The molecular weight excluding hydrogens is 328 g/mol. The molecule has 2 atom stereocenters. The summed E-state index contributed by atoms with van der Waals surface area (Å²) in [6, 6.07) is 6.73. The second-order valence-corrected chi connectivity index (χ2v) is 8.04. The third-order valence-electron chi connectivity index (χ3n) is 6.42. The van der Waals surface area contributed by atoms with E-state index in [2.05, 4.69) is 21.7 Å². The second-order valence-electron chi connectivity index (χ2n) is 8.04. The number of rotatable bonds is 3. The monoisotopic (exact) mass is 354 g/mol. The van der Waals surface area contributed by atoms with Crippen molar-refractivity contribution in [1.82, 2.24) is 19.4 Å². The molecule has 6 heteroatoms. The molecule has 2 aliphatic heterocycles. The molecule has 138 valence electrons. The largest absolute Gasteiger partial charge is 0.331 e. The number of hydrogen-bond donors (Lipinski definition) is 1. The lowest BCUT2D eigenvalue weighted by atomic mass is 10.1. The number of fused-ring (bicyclic) bond motifs is 3. The summed E-state index contributed by atoms with van der Waals surface area (Å²) >= 11 is 0. The van der Waals surface area contributed by atoms with E-state index in [4.69, 9.17) is 0 Å². The zero-order chi connectivity index (χ0) is 17.8. The molecule has 5 rings (SSSR count). The topological polar surface area (TPSA) is 61.3 Å². The van der Waals surface area contributed by atoms with Gasteiger partial charge in [-0.3, -0.25) is 9.36 Å². The molecule has 2 aromatic rings. The van der Waals surface area contributed by atoms with Gasteiger partial charge in [-0.15, -0.1) is 0 Å². The van der Waals surface area contributed by atoms with Crippen molar-refractivity contribution in [2.75, 3.05) is 19.6 Å². The Bertz CT molecular complexity index is 910. The molecule has 1 N–H and O–H groups in total. The van der Waals surface area contributed by atoms with Crippen LogP contribution in [0.25, 0.3) is 11.0 Å². The van der Waals surface area contributed by atoms with Gasteiger partial charge in [0.25, 0.3) is 5.91 Å². The van der Waals surface area contributed by atoms with Gasteiger partial charge in [0.15, 0.2) is 0 Å². The van der Waals surface area contributed by atoms with E-state index < -0.39 is 0 Å². The quantitative estimate of drug-likeness (QED) is 0.920. The van der Waals surface area contributed by atoms with Gasteiger partial charge < -0.3 is 14.8 Å². The molecule has 2 bridgehead atoms. The Balaban J connectivity index is 1.47. The minimum absolute atomic E-state index is 0.0551. The third kappa shape index (κ3) is 2.50. The molecule has 3 heterocycles. The highest BCUT2D eigenvalue weighted by Crippen LogP contribution is 2.36. The van der Waals surface area contributed by atoms with E-state index in [1.54, 1.807) is 0 Å². The molecule has 1 aliphatic carbocycles. The smallest absolute Gasteiger partial charge is 0.326 e. The first-order valence-corrected chi connectivity index (χ1v) is 9.95. The first-order chi connectivity index (χ1) is 12.7. The highest BCUT2D eigenvalue weighted by molar-refractivity contribution is 5.98. The molecule has 3 fully saturated rings. The van der Waals surface area contributed by atoms with E-state index in [1.807, 2.05) is 22.8 Å². The van der Waals surface area contributed by atoms with Gasteiger partial charge in [0, 0.05) is 36.8 Å². The van der Waals surface area contributed by atoms with Crippen LogP contribution >= 0.6 is 0 Å². The van der Waals surface area contributed by atoms with Crippen LogP contribution in [0.4, 0.5) is 0 Å². The van der Waals surface area contributed by atoms with E-state index in [-0.39, 0.29) is 11.6 Å². The summed E-state index contributed by atoms with van der Waals surface area (Å²) in [6.07, 6.45) is 5.42. The number of hydrogen-bond acceptors (Lipinski definition) is 3. The fourth-order valence-electron chi connectivity index (χ4n) is 4.87. The van der Waals surface area contributed by atoms with E-state index in [0.717, 1.165) is 62.8 Å². The molecule has 1 aromatic carbocycles. The number of nitrogens with zero attached hydrogens (tertiary/aromatic N) is 3. The Morgan fingerprint density at radius 2 is 1.88 bits per heavy atom. The summed E-state index contributed by atoms with van der Waals surface area (Å²) in [5.74, 6) is 0.123. The van der Waals surface area contributed by atoms with Crippen LogP contribution in [-0.2, 0) is 0 Å². The average Bonchev–Trinajstić information content (AvgIpc) is 3.33. The number of benzene rings is 1. The summed E-state index contributed by atoms with van der Waals surface area (Å²) in [5.41, 5.74) is 2.35. The Morgan fingerprint density at radius 3 is 2.65 bits per heavy atom. The number of nitrogens with one attached hydrogen (secondary N) is 1. The van der Waals surface area contributed by atoms with E-state index >= 15 is 0 Å². The molecule has 2 unspecified atom stereocenters. The zero-order valence-electron chi connectivity index (χ0n) is 15.3. The standard InChI is InChI=1S/C20H26N4O2/c1-2-22-10-9-15-6-7-16(12-22)23(15)19(25)13-3-8-18-17(11-13)21-20(26)24(18)14-4-5-14/h3,8,11,14-16H,2,4-7,9-10,12H2,1H3,(H,21,26). The lowest BCUT2D eigenvalue weighted by Gasteiger charge is -2.29. The first-order valence-electron chi connectivity index (χ1n) is 9.95. The van der Waals surface area contributed by atoms with Crippen LogP contribution in [0.3, 0.4) is 0 Å². The van der Waals surface area contributed by atoms with Crippen molar-refractivity contribution in [3.63, 3.8) is 0 Å². The number of aromatic nitrogens is 2. The molecule has 0 spiro atoms. The van der Waals surface area contributed by atoms with Gasteiger partial charge in [-0.1, -0.05) is 6.92 Å². The van der Waals surface area contributed by atoms with E-state index in [1.165, 1.54) is 0 Å². The second kappa shape index (κ2) is 5.98. The normalized spacial score (nSPS) is 26.4. The van der Waals surface area contributed by atoms with Crippen molar-refractivity contribution in [1.29, 1.82) is 0 Å². The molecule has 1 aromatic heterocycles. The van der Waals surface area contributed by atoms with Crippen molar-refractivity contribution < 1.29 is 4.79 Å². The SMILES string of the molecule is CCN1CCC2CCC(C1)N2C(=O)c1ccc2c(c1)[nH]c(=O)n2C1CC1. The van der Waals surface area contributed by atoms with Crippen LogP contribution in [0, 0.1) is 0 Å². The first kappa shape index (κ1) is 16.1. The summed E-state index contributed by atoms with van der Waals surface area (Å²) in [7, 11) is 0. The third-order valence-corrected chi connectivity index (χ3v) is 6.42. The highest BCUT2D eigenvalue weighted by Gasteiger charge is 2.40. The number of amides is 1. The fourth-order valence-corrected chi connectivity index (χ4v) is 4.87. The predicted molar refractivity (Wildman–Crippen MR) is 101 cm³/mol. The summed E-state index contributed by atoms with van der Waals surface area (Å²) in [5, 5.41) is 0. The number of carbonyl (C=O) groups is 1. The Hall–Kier alpha value is -2.08. The number of carbonyl (C=O) groups excluding carboxylic acids is 1. The van der Waals surface area contributed by atoms with Gasteiger partial charge in [0.1, 0.15) is 0 Å². The fraction of sp³-hybridized carbons (Fsp3) is 0.600. The van der Waals surface area contributed by atoms with Crippen molar-refractivity contribution in [3.05, 3.63) is 34.2 Å². The number of aromatic amines is 1. The minimum Gasteiger partial charge on any atom is -0.331 e. The van der Waals surface area contributed by atoms with Gasteiger partial charge in [-0.25, -0.2) is 4.79 Å². The molecule has 1 saturated carbocycles. The molecule has 1 amide bonds. The van der Waals surface area contributed by atoms with Crippen LogP contribution in [0.5, 0.6) is 0 Å². The van der Waals surface area contributed by atoms with Crippen LogP contribution in [-0.4, -0.2) is 57.0 Å². The van der Waals surface area contributed by atoms with E-state index in [9.17, 15) is 9.59 Å². The van der Waals surface area contributed by atoms with Gasteiger partial charge >= 0.3 is 5.69 Å². The Labute approximate surface area is 152 Å². The van der Waals surface area contributed by atoms with Crippen LogP contribution < -0.4 is 5.69 Å². The predicted octanol–water partition coefficient (Wildman–Crippen LogP) is 2.36. The van der Waals surface area contributed by atoms with Gasteiger partial charge in [0.2, 0.25) is 0 Å².